The van der Waals surface area contributed by atoms with E-state index in [0.717, 1.165) is 62.1 Å². The van der Waals surface area contributed by atoms with Crippen molar-refractivity contribution in [2.45, 2.75) is 403 Å². The second-order valence-corrected chi connectivity index (χ2v) is 31.3. The van der Waals surface area contributed by atoms with E-state index in [9.17, 15) is 0 Å². The van der Waals surface area contributed by atoms with Crippen molar-refractivity contribution in [3.05, 3.63) is 0 Å². The van der Waals surface area contributed by atoms with Crippen LogP contribution < -0.4 is 43.4 Å². The number of piperidine rings is 4. The van der Waals surface area contributed by atoms with E-state index in [1.165, 1.54) is 213 Å². The molecule has 2 atom stereocenters. The zero-order chi connectivity index (χ0) is 68.8. The molecular formula is C84H197N13O3. The molecule has 0 aromatic carbocycles. The van der Waals surface area contributed by atoms with Crippen molar-refractivity contribution in [3.8, 4) is 0 Å². The Labute approximate surface area is 632 Å². The van der Waals surface area contributed by atoms with E-state index in [2.05, 4.69) is 202 Å². The van der Waals surface area contributed by atoms with Crippen LogP contribution in [0.3, 0.4) is 0 Å². The van der Waals surface area contributed by atoms with Crippen LogP contribution in [-0.4, -0.2) is 248 Å². The van der Waals surface area contributed by atoms with Gasteiger partial charge >= 0.3 is 0 Å². The Morgan fingerprint density at radius 1 is 0.430 bits per heavy atom. The lowest BCUT2D eigenvalue weighted by Crippen LogP contribution is -2.44. The zero-order valence-corrected chi connectivity index (χ0v) is 65.2. The van der Waals surface area contributed by atoms with E-state index < -0.39 is 0 Å². The van der Waals surface area contributed by atoms with Crippen LogP contribution in [0.2, 0.25) is 0 Å². The van der Waals surface area contributed by atoms with Gasteiger partial charge in [0, 0.05) is 80.1 Å². The molecular weight excluding hydrogens is 1240 g/mol. The molecule has 8 fully saturated rings. The number of nitrogens with two attached hydrogens (primary N) is 2. The number of ether oxygens (including phenoxy) is 3. The summed E-state index contributed by atoms with van der Waals surface area (Å²) in [4.78, 5) is 12.4. The first-order valence-corrected chi connectivity index (χ1v) is 39.1. The molecule has 6 aliphatic heterocycles. The van der Waals surface area contributed by atoms with Gasteiger partial charge in [-0.25, -0.2) is 0 Å². The van der Waals surface area contributed by atoms with Crippen molar-refractivity contribution in [2.75, 3.05) is 132 Å². The molecule has 10 N–H and O–H groups in total. The summed E-state index contributed by atoms with van der Waals surface area (Å²) in [5.41, 5.74) is 11.5. The molecule has 2 saturated carbocycles. The Bertz CT molecular complexity index is 1560. The SMILES string of the molecule is C.C.C.C.C.C.C.C.CC(C)N(C)C1CCN(C)CC1.CC(C)NC1CCC(CN)CC1.CC(C)NCC1CCC(N)CC1.CC(C)NCC1CCNCC1.CC(C)OC1CCN(C)CC1.CC(C)OC1CCNCC1.CCN1CCCC1CNC(C)C.CCN1CCCC1COC(C)C. The van der Waals surface area contributed by atoms with Crippen LogP contribution in [0.1, 0.15) is 312 Å². The maximum atomic E-state index is 5.83. The Morgan fingerprint density at radius 2 is 0.810 bits per heavy atom. The number of rotatable bonds is 23. The molecule has 0 radical (unpaired) electrons. The van der Waals surface area contributed by atoms with Crippen molar-refractivity contribution in [2.24, 2.45) is 29.2 Å². The third-order valence-electron chi connectivity index (χ3n) is 19.9. The maximum absolute atomic E-state index is 5.83. The van der Waals surface area contributed by atoms with Gasteiger partial charge in [0.15, 0.2) is 0 Å². The van der Waals surface area contributed by atoms with Gasteiger partial charge in [-0.3, -0.25) is 9.80 Å². The molecule has 0 aromatic heterocycles. The molecule has 0 aromatic rings. The lowest BCUT2D eigenvalue weighted by atomic mass is 9.86. The topological polar surface area (TPSA) is 168 Å². The minimum Gasteiger partial charge on any atom is -0.377 e. The average Bonchev–Trinajstić information content (AvgIpc) is 1.39. The van der Waals surface area contributed by atoms with Gasteiger partial charge in [0.1, 0.15) is 0 Å². The zero-order valence-electron chi connectivity index (χ0n) is 65.2. The maximum Gasteiger partial charge on any atom is 0.0625 e. The van der Waals surface area contributed by atoms with Gasteiger partial charge in [0.25, 0.3) is 0 Å². The van der Waals surface area contributed by atoms with Crippen LogP contribution >= 0.6 is 0 Å². The Hall–Kier alpha value is -0.640. The second kappa shape index (κ2) is 71.3. The highest BCUT2D eigenvalue weighted by Crippen LogP contribution is 2.25. The van der Waals surface area contributed by atoms with Gasteiger partial charge in [-0.05, 0) is 308 Å². The minimum absolute atomic E-state index is 0. The van der Waals surface area contributed by atoms with Gasteiger partial charge in [0.05, 0.1) is 37.1 Å². The highest BCUT2D eigenvalue weighted by molar-refractivity contribution is 4.83. The number of likely N-dealkylation sites (tertiary alicyclic amines) is 4. The quantitative estimate of drug-likeness (QED) is 0.0486. The summed E-state index contributed by atoms with van der Waals surface area (Å²) in [5.74, 6) is 2.60. The van der Waals surface area contributed by atoms with E-state index in [-0.39, 0.29) is 59.4 Å². The van der Waals surface area contributed by atoms with Crippen LogP contribution in [-0.2, 0) is 14.2 Å². The molecule has 0 amide bonds. The Morgan fingerprint density at radius 3 is 1.20 bits per heavy atom. The summed E-state index contributed by atoms with van der Waals surface area (Å²) in [5, 5.41) is 20.8. The van der Waals surface area contributed by atoms with E-state index >= 15 is 0 Å². The lowest BCUT2D eigenvalue weighted by Gasteiger charge is -2.37. The van der Waals surface area contributed by atoms with Crippen molar-refractivity contribution in [1.82, 2.24) is 56.4 Å². The predicted molar refractivity (Wildman–Crippen MR) is 456 cm³/mol. The normalized spacial score (nSPS) is 23.3. The third-order valence-corrected chi connectivity index (χ3v) is 19.9. The van der Waals surface area contributed by atoms with Gasteiger partial charge < -0.3 is 72.3 Å². The molecule has 6 heterocycles. The van der Waals surface area contributed by atoms with E-state index in [1.54, 1.807) is 0 Å². The summed E-state index contributed by atoms with van der Waals surface area (Å²) in [6, 6.07) is 6.78. The lowest BCUT2D eigenvalue weighted by molar-refractivity contribution is -0.0232. The van der Waals surface area contributed by atoms with Crippen LogP contribution in [0.25, 0.3) is 0 Å². The fourth-order valence-corrected chi connectivity index (χ4v) is 13.7. The summed E-state index contributed by atoms with van der Waals surface area (Å²) in [6.07, 6.45) is 28.1. The molecule has 8 rings (SSSR count). The second-order valence-electron chi connectivity index (χ2n) is 31.3. The summed E-state index contributed by atoms with van der Waals surface area (Å²) >= 11 is 0. The van der Waals surface area contributed by atoms with Gasteiger partial charge in [-0.2, -0.15) is 0 Å². The Balaban J connectivity index is -0.000000159. The van der Waals surface area contributed by atoms with E-state index in [0.29, 0.717) is 72.8 Å². The van der Waals surface area contributed by atoms with Crippen LogP contribution in [0.4, 0.5) is 0 Å². The fraction of sp³-hybridized carbons (Fsp3) is 1.00. The molecule has 0 spiro atoms. The first kappa shape index (κ1) is 115. The van der Waals surface area contributed by atoms with Crippen LogP contribution in [0.15, 0.2) is 0 Å². The highest BCUT2D eigenvalue weighted by Gasteiger charge is 2.26. The van der Waals surface area contributed by atoms with Gasteiger partial charge in [-0.1, -0.05) is 129 Å². The summed E-state index contributed by atoms with van der Waals surface area (Å²) in [6.45, 7) is 59.3. The average molecular weight is 1440 g/mol. The number of hydrogen-bond acceptors (Lipinski definition) is 16. The first-order valence-electron chi connectivity index (χ1n) is 39.1. The predicted octanol–water partition coefficient (Wildman–Crippen LogP) is 16.5. The molecule has 2 unspecified atom stereocenters. The molecule has 8 aliphatic rings. The minimum atomic E-state index is 0. The molecule has 0 bridgehead atoms. The number of nitrogens with one attached hydrogen (secondary N) is 6. The Kier molecular flexibility index (Phi) is 82.1. The third kappa shape index (κ3) is 61.4. The largest absolute Gasteiger partial charge is 0.377 e. The van der Waals surface area contributed by atoms with Crippen LogP contribution in [0, 0.1) is 17.8 Å². The standard InChI is InChI=1S/4C10H22N2.C10H21NO.C9H20N2.C9H19NO.C8H17NO.8CH4/c1-9(2)12(4)10-5-7-11(3)8-6-10;1-8(2)12-7-9-3-5-10(11)6-4-9;1-8(2)12-10-5-3-9(7-11)4-6-10;1-4-12-7-5-6-10(12)8-11-9(2)3;1-4-11-7-5-6-10(11)8-12-9(2)3;1-8(2)11-7-9-3-5-10-6-4-9;1-8(2)11-9-4-6-10(3)7-5-9;1-7(2)10-8-3-5-9-6-4-8;;;;;;;;/h9-10H,5-8H2,1-4H3;2*8-10,12H,3-7,11H2,1-2H3;9-11H,4-8H2,1-3H3;9-10H,4-8H2,1-3H3;8-11H,3-7H2,1-2H3;8-9H,4-7H2,1-3H3;7-9H,3-6H2,1-2H3;8*1H4. The number of likely N-dealkylation sites (N-methyl/N-ethyl adjacent to an activating group) is 2. The van der Waals surface area contributed by atoms with Crippen molar-refractivity contribution in [1.29, 1.82) is 0 Å². The fourth-order valence-electron chi connectivity index (χ4n) is 13.7. The van der Waals surface area contributed by atoms with Crippen molar-refractivity contribution >= 4 is 0 Å². The molecule has 616 valence electrons. The summed E-state index contributed by atoms with van der Waals surface area (Å²) < 4.78 is 17.0. The van der Waals surface area contributed by atoms with Crippen molar-refractivity contribution < 1.29 is 14.2 Å². The number of hydrogen-bond donors (Lipinski definition) is 8. The van der Waals surface area contributed by atoms with Gasteiger partial charge in [0.2, 0.25) is 0 Å². The van der Waals surface area contributed by atoms with E-state index in [1.807, 2.05) is 0 Å². The molecule has 16 nitrogen and oxygen atoms in total. The van der Waals surface area contributed by atoms with Crippen molar-refractivity contribution in [3.63, 3.8) is 0 Å². The van der Waals surface area contributed by atoms with E-state index in [4.69, 9.17) is 25.7 Å². The number of nitrogens with zero attached hydrogens (tertiary/aromatic N) is 5. The monoisotopic (exact) mass is 1440 g/mol. The summed E-state index contributed by atoms with van der Waals surface area (Å²) in [7, 11) is 6.64. The van der Waals surface area contributed by atoms with Gasteiger partial charge in [-0.15, -0.1) is 0 Å². The smallest absolute Gasteiger partial charge is 0.0625 e. The highest BCUT2D eigenvalue weighted by atomic mass is 16.5. The molecule has 2 aliphatic carbocycles. The molecule has 16 heteroatoms. The first-order chi connectivity index (χ1) is 43.7. The molecule has 6 saturated heterocycles. The molecule has 100 heavy (non-hydrogen) atoms. The van der Waals surface area contributed by atoms with Crippen LogP contribution in [0.5, 0.6) is 0 Å².